The number of hydrogen-bond acceptors (Lipinski definition) is 8. The minimum Gasteiger partial charge on any atom is -0.506 e. The monoisotopic (exact) mass is 684 g/mol. The SMILES string of the molecule is CCOc1ccc([C@H]2C(C(=O)OC)=CN=c3s/c(=C\c4cc(Br)c(O)c(I)c4)c(=O)n32)cc1OCC. The van der Waals surface area contributed by atoms with Crippen LogP contribution >= 0.6 is 49.9 Å². The summed E-state index contributed by atoms with van der Waals surface area (Å²) in [7, 11) is 1.29. The average Bonchev–Trinajstić information content (AvgIpc) is 3.17. The fourth-order valence-electron chi connectivity index (χ4n) is 3.81. The van der Waals surface area contributed by atoms with Crippen molar-refractivity contribution >= 4 is 61.9 Å². The van der Waals surface area contributed by atoms with Crippen molar-refractivity contribution in [2.45, 2.75) is 19.9 Å². The first-order valence-corrected chi connectivity index (χ1v) is 13.6. The van der Waals surface area contributed by atoms with Gasteiger partial charge in [0.1, 0.15) is 5.75 Å². The minimum absolute atomic E-state index is 0.137. The van der Waals surface area contributed by atoms with Crippen molar-refractivity contribution in [2.24, 2.45) is 4.99 Å². The van der Waals surface area contributed by atoms with E-state index in [4.69, 9.17) is 14.2 Å². The summed E-state index contributed by atoms with van der Waals surface area (Å²) < 4.78 is 19.6. The standard InChI is InChI=1S/C25H22BrIN2O6S/c1-4-34-18-7-6-14(11-19(18)35-5-2)21-15(24(32)33-3)12-28-25-29(21)23(31)20(36-25)10-13-8-16(26)22(30)17(27)9-13/h6-12,21,30H,4-5H2,1-3H3/b20-10-/t21-/m0/s1. The quantitative estimate of drug-likeness (QED) is 0.300. The molecule has 1 aromatic heterocycles. The number of esters is 1. The summed E-state index contributed by atoms with van der Waals surface area (Å²) in [5, 5.41) is 10.0. The molecule has 1 aliphatic rings. The van der Waals surface area contributed by atoms with Crippen molar-refractivity contribution < 1.29 is 24.1 Å². The van der Waals surface area contributed by atoms with Crippen molar-refractivity contribution in [3.8, 4) is 17.2 Å². The van der Waals surface area contributed by atoms with Gasteiger partial charge in [-0.3, -0.25) is 9.36 Å². The molecule has 11 heteroatoms. The highest BCUT2D eigenvalue weighted by Gasteiger charge is 2.31. The number of methoxy groups -OCH3 is 1. The maximum atomic E-state index is 13.7. The van der Waals surface area contributed by atoms with Gasteiger partial charge in [-0.1, -0.05) is 17.4 Å². The lowest BCUT2D eigenvalue weighted by Crippen LogP contribution is -2.39. The van der Waals surface area contributed by atoms with E-state index in [2.05, 4.69) is 20.9 Å². The van der Waals surface area contributed by atoms with Gasteiger partial charge in [-0.2, -0.15) is 0 Å². The van der Waals surface area contributed by atoms with E-state index in [1.165, 1.54) is 29.2 Å². The molecule has 8 nitrogen and oxygen atoms in total. The second kappa shape index (κ2) is 11.2. The Morgan fingerprint density at radius 2 is 1.94 bits per heavy atom. The van der Waals surface area contributed by atoms with Crippen LogP contribution < -0.4 is 24.4 Å². The molecule has 0 aliphatic carbocycles. The Hall–Kier alpha value is -2.64. The van der Waals surface area contributed by atoms with Crippen molar-refractivity contribution in [3.05, 3.63) is 81.0 Å². The third-order valence-corrected chi connectivity index (χ3v) is 7.77. The number of thiazole rings is 1. The van der Waals surface area contributed by atoms with Crippen LogP contribution in [0, 0.1) is 3.57 Å². The topological polar surface area (TPSA) is 99.4 Å². The Morgan fingerprint density at radius 3 is 2.61 bits per heavy atom. The summed E-state index contributed by atoms with van der Waals surface area (Å²) in [6.07, 6.45) is 3.18. The number of aromatic hydroxyl groups is 1. The van der Waals surface area contributed by atoms with Crippen LogP contribution in [0.25, 0.3) is 6.08 Å². The number of phenols is 1. The molecule has 188 valence electrons. The van der Waals surface area contributed by atoms with Gasteiger partial charge in [0.15, 0.2) is 16.3 Å². The van der Waals surface area contributed by atoms with E-state index in [0.717, 1.165) is 5.56 Å². The van der Waals surface area contributed by atoms with Crippen molar-refractivity contribution in [3.63, 3.8) is 0 Å². The highest BCUT2D eigenvalue weighted by molar-refractivity contribution is 14.1. The smallest absolute Gasteiger partial charge is 0.337 e. The molecule has 0 fully saturated rings. The van der Waals surface area contributed by atoms with Crippen LogP contribution in [-0.2, 0) is 9.53 Å². The minimum atomic E-state index is -0.766. The molecule has 3 aromatic rings. The van der Waals surface area contributed by atoms with Crippen molar-refractivity contribution in [1.82, 2.24) is 4.57 Å². The normalized spacial score (nSPS) is 15.1. The zero-order valence-corrected chi connectivity index (χ0v) is 24.1. The van der Waals surface area contributed by atoms with Gasteiger partial charge in [-0.05, 0) is 93.8 Å². The van der Waals surface area contributed by atoms with E-state index in [9.17, 15) is 14.7 Å². The second-order valence-electron chi connectivity index (χ2n) is 7.58. The number of aromatic nitrogens is 1. The van der Waals surface area contributed by atoms with Gasteiger partial charge in [0, 0.05) is 6.20 Å². The van der Waals surface area contributed by atoms with E-state index < -0.39 is 12.0 Å². The predicted molar refractivity (Wildman–Crippen MR) is 148 cm³/mol. The summed E-state index contributed by atoms with van der Waals surface area (Å²) in [6.45, 7) is 4.64. The van der Waals surface area contributed by atoms with Crippen LogP contribution in [-0.4, -0.2) is 36.0 Å². The molecule has 0 unspecified atom stereocenters. The van der Waals surface area contributed by atoms with Gasteiger partial charge in [0.05, 0.1) is 44.5 Å². The number of carbonyl (C=O) groups is 1. The molecule has 0 saturated carbocycles. The molecule has 1 N–H and O–H groups in total. The molecule has 2 aromatic carbocycles. The van der Waals surface area contributed by atoms with E-state index in [0.29, 0.717) is 47.7 Å². The lowest BCUT2D eigenvalue weighted by atomic mass is 9.97. The third-order valence-electron chi connectivity index (χ3n) is 5.35. The lowest BCUT2D eigenvalue weighted by molar-refractivity contribution is -0.136. The molecule has 0 amide bonds. The number of rotatable bonds is 7. The first-order valence-electron chi connectivity index (χ1n) is 11.0. The molecule has 2 heterocycles. The lowest BCUT2D eigenvalue weighted by Gasteiger charge is -2.23. The van der Waals surface area contributed by atoms with Crippen LogP contribution in [0.5, 0.6) is 17.2 Å². The number of ether oxygens (including phenoxy) is 3. The van der Waals surface area contributed by atoms with Crippen LogP contribution in [0.4, 0.5) is 0 Å². The highest BCUT2D eigenvalue weighted by Crippen LogP contribution is 2.35. The molecule has 1 atom stereocenters. The number of halogens is 2. The van der Waals surface area contributed by atoms with Gasteiger partial charge in [-0.25, -0.2) is 9.79 Å². The Kier molecular flexibility index (Phi) is 8.20. The maximum absolute atomic E-state index is 13.7. The largest absolute Gasteiger partial charge is 0.506 e. The number of hydrogen-bond donors (Lipinski definition) is 1. The summed E-state index contributed by atoms with van der Waals surface area (Å²) in [6, 6.07) is 8.09. The molecule has 0 radical (unpaired) electrons. The third kappa shape index (κ3) is 5.09. The van der Waals surface area contributed by atoms with Gasteiger partial charge in [0.2, 0.25) is 0 Å². The van der Waals surface area contributed by atoms with Crippen LogP contribution in [0.3, 0.4) is 0 Å². The number of nitrogens with zero attached hydrogens (tertiary/aromatic N) is 2. The van der Waals surface area contributed by atoms with E-state index in [1.54, 1.807) is 36.4 Å². The molecule has 0 bridgehead atoms. The molecule has 4 rings (SSSR count). The van der Waals surface area contributed by atoms with Crippen LogP contribution in [0.2, 0.25) is 0 Å². The summed E-state index contributed by atoms with van der Waals surface area (Å²) >= 11 is 6.58. The fraction of sp³-hybridized carbons (Fsp3) is 0.240. The molecule has 0 saturated heterocycles. The second-order valence-corrected chi connectivity index (χ2v) is 10.6. The number of carbonyl (C=O) groups excluding carboxylic acids is 1. The zero-order chi connectivity index (χ0) is 26.0. The van der Waals surface area contributed by atoms with Crippen LogP contribution in [0.1, 0.15) is 31.0 Å². The van der Waals surface area contributed by atoms with Crippen molar-refractivity contribution in [1.29, 1.82) is 0 Å². The fourth-order valence-corrected chi connectivity index (χ4v) is 6.28. The van der Waals surface area contributed by atoms with E-state index in [1.807, 2.05) is 36.4 Å². The summed E-state index contributed by atoms with van der Waals surface area (Å²) in [5.74, 6) is 0.648. The summed E-state index contributed by atoms with van der Waals surface area (Å²) in [4.78, 5) is 31.2. The number of phenolic OH excluding ortho intramolecular Hbond substituents is 1. The van der Waals surface area contributed by atoms with Crippen molar-refractivity contribution in [2.75, 3.05) is 20.3 Å². The molecule has 1 aliphatic heterocycles. The molecule has 36 heavy (non-hydrogen) atoms. The molecular formula is C25H22BrIN2O6S. The molecule has 0 spiro atoms. The number of benzene rings is 2. The predicted octanol–water partition coefficient (Wildman–Crippen LogP) is 3.89. The molecular weight excluding hydrogens is 663 g/mol. The zero-order valence-electron chi connectivity index (χ0n) is 19.6. The first kappa shape index (κ1) is 26.4. The Morgan fingerprint density at radius 1 is 1.22 bits per heavy atom. The van der Waals surface area contributed by atoms with Gasteiger partial charge in [-0.15, -0.1) is 0 Å². The number of fused-ring (bicyclic) bond motifs is 1. The van der Waals surface area contributed by atoms with Gasteiger partial charge in [0.25, 0.3) is 5.56 Å². The Balaban J connectivity index is 1.91. The highest BCUT2D eigenvalue weighted by atomic mass is 127. The van der Waals surface area contributed by atoms with Gasteiger partial charge >= 0.3 is 5.97 Å². The Labute approximate surface area is 232 Å². The first-order chi connectivity index (χ1) is 17.3. The Bertz CT molecular complexity index is 1520. The average molecular weight is 685 g/mol. The maximum Gasteiger partial charge on any atom is 0.337 e. The summed E-state index contributed by atoms with van der Waals surface area (Å²) in [5.41, 5.74) is 1.31. The van der Waals surface area contributed by atoms with E-state index in [-0.39, 0.29) is 16.9 Å². The van der Waals surface area contributed by atoms with E-state index >= 15 is 0 Å². The van der Waals surface area contributed by atoms with Gasteiger partial charge < -0.3 is 19.3 Å². The van der Waals surface area contributed by atoms with Crippen LogP contribution in [0.15, 0.2) is 56.4 Å².